The van der Waals surface area contributed by atoms with E-state index in [4.69, 9.17) is 0 Å². The molecule has 2 fully saturated rings. The van der Waals surface area contributed by atoms with Crippen molar-refractivity contribution < 1.29 is 4.79 Å². The summed E-state index contributed by atoms with van der Waals surface area (Å²) in [5.41, 5.74) is 4.27. The number of fused-ring (bicyclic) bond motifs is 3. The van der Waals surface area contributed by atoms with E-state index in [0.717, 1.165) is 57.9 Å². The topological polar surface area (TPSA) is 47.6 Å². The summed E-state index contributed by atoms with van der Waals surface area (Å²) < 4.78 is 0. The minimum atomic E-state index is 0.215. The Labute approximate surface area is 211 Å². The van der Waals surface area contributed by atoms with Gasteiger partial charge in [0, 0.05) is 57.4 Å². The van der Waals surface area contributed by atoms with Crippen molar-refractivity contribution in [2.45, 2.75) is 57.5 Å². The van der Waals surface area contributed by atoms with E-state index in [2.05, 4.69) is 75.0 Å². The summed E-state index contributed by atoms with van der Waals surface area (Å²) in [5, 5.41) is 6.98. The molecule has 5 rings (SSSR count). The summed E-state index contributed by atoms with van der Waals surface area (Å²) in [6.07, 6.45) is 7.49. The molecular formula is C30H42N4O. The number of para-hydroxylation sites is 1. The number of aryl methyl sites for hydroxylation is 1. The van der Waals surface area contributed by atoms with E-state index in [1.807, 2.05) is 0 Å². The molecule has 0 aliphatic carbocycles. The average molecular weight is 475 g/mol. The molecule has 3 aliphatic heterocycles. The van der Waals surface area contributed by atoms with Crippen LogP contribution in [-0.2, 0) is 17.8 Å². The van der Waals surface area contributed by atoms with Gasteiger partial charge in [0.1, 0.15) is 0 Å². The zero-order valence-corrected chi connectivity index (χ0v) is 21.1. The van der Waals surface area contributed by atoms with Crippen molar-refractivity contribution in [3.63, 3.8) is 0 Å². The lowest BCUT2D eigenvalue weighted by molar-refractivity contribution is -0.121. The Bertz CT molecular complexity index is 948. The van der Waals surface area contributed by atoms with Gasteiger partial charge in [-0.15, -0.1) is 0 Å². The molecule has 5 heteroatoms. The van der Waals surface area contributed by atoms with E-state index in [-0.39, 0.29) is 5.91 Å². The first kappa shape index (κ1) is 24.3. The molecule has 0 aromatic heterocycles. The van der Waals surface area contributed by atoms with Crippen LogP contribution in [0.4, 0.5) is 5.69 Å². The Kier molecular flexibility index (Phi) is 8.37. The molecule has 35 heavy (non-hydrogen) atoms. The van der Waals surface area contributed by atoms with Crippen LogP contribution in [0.15, 0.2) is 54.6 Å². The minimum absolute atomic E-state index is 0.215. The van der Waals surface area contributed by atoms with Crippen LogP contribution in [0.3, 0.4) is 0 Å². The Morgan fingerprint density at radius 3 is 2.80 bits per heavy atom. The number of hydrogen-bond acceptors (Lipinski definition) is 4. The monoisotopic (exact) mass is 474 g/mol. The fourth-order valence-electron chi connectivity index (χ4n) is 6.49. The zero-order valence-electron chi connectivity index (χ0n) is 21.1. The summed E-state index contributed by atoms with van der Waals surface area (Å²) >= 11 is 0. The molecule has 3 atom stereocenters. The molecule has 1 amide bonds. The number of carbonyl (C=O) groups is 1. The fraction of sp³-hybridized carbons (Fsp3) is 0.567. The standard InChI is InChI=1S/C30H42N4O/c35-30(31-16-8-18-34-17-7-12-26-11-4-5-14-29(26)34)15-6-13-28-27-19-25(20-32-28)22-33(23-27)21-24-9-2-1-3-10-24/h1-5,9-11,14,25,27-28,32H,6-8,12-13,15-23H2,(H,31,35)/t25-,27-,28+/m0/s1. The van der Waals surface area contributed by atoms with Crippen LogP contribution in [-0.4, -0.2) is 56.1 Å². The van der Waals surface area contributed by atoms with E-state index in [0.29, 0.717) is 18.4 Å². The number of piperidine rings is 2. The summed E-state index contributed by atoms with van der Waals surface area (Å²) in [5.74, 6) is 1.69. The Morgan fingerprint density at radius 1 is 1.03 bits per heavy atom. The molecule has 2 aromatic rings. The Hall–Kier alpha value is -2.37. The number of hydrogen-bond donors (Lipinski definition) is 2. The maximum Gasteiger partial charge on any atom is 0.219 e. The molecule has 188 valence electrons. The lowest BCUT2D eigenvalue weighted by Crippen LogP contribution is -2.55. The van der Waals surface area contributed by atoms with Crippen molar-refractivity contribution in [3.8, 4) is 0 Å². The van der Waals surface area contributed by atoms with Crippen molar-refractivity contribution in [3.05, 3.63) is 65.7 Å². The molecule has 0 unspecified atom stereocenters. The smallest absolute Gasteiger partial charge is 0.219 e. The predicted octanol–water partition coefficient (Wildman–Crippen LogP) is 4.23. The molecular weight excluding hydrogens is 432 g/mol. The van der Waals surface area contributed by atoms with Crippen molar-refractivity contribution >= 4 is 11.6 Å². The van der Waals surface area contributed by atoms with Gasteiger partial charge in [-0.1, -0.05) is 48.5 Å². The molecule has 3 heterocycles. The van der Waals surface area contributed by atoms with Gasteiger partial charge in [0.15, 0.2) is 0 Å². The van der Waals surface area contributed by atoms with Crippen LogP contribution < -0.4 is 15.5 Å². The van der Waals surface area contributed by atoms with E-state index in [9.17, 15) is 4.79 Å². The number of rotatable bonds is 10. The normalized spacial score (nSPS) is 24.1. The molecule has 2 N–H and O–H groups in total. The van der Waals surface area contributed by atoms with Gasteiger partial charge in [0.05, 0.1) is 0 Å². The highest BCUT2D eigenvalue weighted by atomic mass is 16.1. The van der Waals surface area contributed by atoms with Gasteiger partial charge in [-0.25, -0.2) is 0 Å². The fourth-order valence-corrected chi connectivity index (χ4v) is 6.49. The van der Waals surface area contributed by atoms with Crippen LogP contribution in [0, 0.1) is 11.8 Å². The predicted molar refractivity (Wildman–Crippen MR) is 144 cm³/mol. The van der Waals surface area contributed by atoms with Crippen LogP contribution in [0.2, 0.25) is 0 Å². The number of likely N-dealkylation sites (tertiary alicyclic amines) is 1. The van der Waals surface area contributed by atoms with Gasteiger partial charge in [-0.2, -0.15) is 0 Å². The minimum Gasteiger partial charge on any atom is -0.371 e. The second kappa shape index (κ2) is 12.0. The third-order valence-electron chi connectivity index (χ3n) is 8.18. The van der Waals surface area contributed by atoms with Gasteiger partial charge in [-0.3, -0.25) is 9.69 Å². The van der Waals surface area contributed by atoms with Crippen LogP contribution in [0.5, 0.6) is 0 Å². The van der Waals surface area contributed by atoms with Crippen molar-refractivity contribution in [1.29, 1.82) is 0 Å². The Morgan fingerprint density at radius 2 is 1.89 bits per heavy atom. The second-order valence-electron chi connectivity index (χ2n) is 10.9. The van der Waals surface area contributed by atoms with Crippen LogP contribution >= 0.6 is 0 Å². The lowest BCUT2D eigenvalue weighted by atomic mass is 9.79. The summed E-state index contributed by atoms with van der Waals surface area (Å²) in [6, 6.07) is 20.2. The summed E-state index contributed by atoms with van der Waals surface area (Å²) in [7, 11) is 0. The van der Waals surface area contributed by atoms with Gasteiger partial charge >= 0.3 is 0 Å². The number of carbonyl (C=O) groups excluding carboxylic acids is 1. The third-order valence-corrected chi connectivity index (χ3v) is 8.18. The molecule has 2 aromatic carbocycles. The van der Waals surface area contributed by atoms with Gasteiger partial charge in [0.25, 0.3) is 0 Å². The average Bonchev–Trinajstić information content (AvgIpc) is 2.88. The van der Waals surface area contributed by atoms with E-state index >= 15 is 0 Å². The molecule has 0 radical (unpaired) electrons. The molecule has 5 nitrogen and oxygen atoms in total. The molecule has 0 saturated carbocycles. The lowest BCUT2D eigenvalue weighted by Gasteiger charge is -2.46. The number of nitrogens with one attached hydrogen (secondary N) is 2. The molecule has 2 bridgehead atoms. The first-order valence-electron chi connectivity index (χ1n) is 13.8. The van der Waals surface area contributed by atoms with Crippen LogP contribution in [0.1, 0.15) is 49.7 Å². The largest absolute Gasteiger partial charge is 0.371 e. The van der Waals surface area contributed by atoms with Crippen molar-refractivity contribution in [1.82, 2.24) is 15.5 Å². The van der Waals surface area contributed by atoms with E-state index in [1.54, 1.807) is 0 Å². The highest BCUT2D eigenvalue weighted by molar-refractivity contribution is 5.75. The first-order valence-corrected chi connectivity index (χ1v) is 13.8. The van der Waals surface area contributed by atoms with E-state index in [1.165, 1.54) is 49.2 Å². The summed E-state index contributed by atoms with van der Waals surface area (Å²) in [4.78, 5) is 17.6. The quantitative estimate of drug-likeness (QED) is 0.506. The maximum atomic E-state index is 12.5. The third kappa shape index (κ3) is 6.65. The molecule has 3 aliphatic rings. The van der Waals surface area contributed by atoms with Crippen molar-refractivity contribution in [2.75, 3.05) is 44.2 Å². The van der Waals surface area contributed by atoms with E-state index < -0.39 is 0 Å². The second-order valence-corrected chi connectivity index (χ2v) is 10.9. The highest BCUT2D eigenvalue weighted by Crippen LogP contribution is 2.31. The number of anilines is 1. The molecule has 0 spiro atoms. The van der Waals surface area contributed by atoms with Gasteiger partial charge in [0.2, 0.25) is 5.91 Å². The molecule has 2 saturated heterocycles. The van der Waals surface area contributed by atoms with Crippen molar-refractivity contribution in [2.24, 2.45) is 11.8 Å². The number of nitrogens with zero attached hydrogens (tertiary/aromatic N) is 2. The Balaban J connectivity index is 0.985. The van der Waals surface area contributed by atoms with Crippen LogP contribution in [0.25, 0.3) is 0 Å². The highest BCUT2D eigenvalue weighted by Gasteiger charge is 2.36. The first-order chi connectivity index (χ1) is 17.2. The van der Waals surface area contributed by atoms with Gasteiger partial charge < -0.3 is 15.5 Å². The maximum absolute atomic E-state index is 12.5. The summed E-state index contributed by atoms with van der Waals surface area (Å²) in [6.45, 7) is 7.49. The number of amides is 1. The number of benzene rings is 2. The zero-order chi connectivity index (χ0) is 23.9. The van der Waals surface area contributed by atoms with Gasteiger partial charge in [-0.05, 0) is 74.1 Å². The SMILES string of the molecule is O=C(CCC[C@H]1NC[C@@H]2C[C@H]1CN(Cc1ccccc1)C2)NCCCN1CCCc2ccccc21.